The molecule has 13 heavy (non-hydrogen) atoms. The van der Waals surface area contributed by atoms with Gasteiger partial charge in [0.1, 0.15) is 0 Å². The van der Waals surface area contributed by atoms with Crippen molar-refractivity contribution in [2.45, 2.75) is 44.3 Å². The van der Waals surface area contributed by atoms with Gasteiger partial charge in [-0.25, -0.2) is 0 Å². The second-order valence-electron chi connectivity index (χ2n) is 4.32. The summed E-state index contributed by atoms with van der Waals surface area (Å²) in [6, 6.07) is 1.59. The first kappa shape index (κ1) is 9.44. The number of ether oxygens (including phenoxy) is 1. The summed E-state index contributed by atoms with van der Waals surface area (Å²) in [5, 5.41) is 0. The Balaban J connectivity index is 1.97. The molecule has 0 spiro atoms. The molecule has 2 aliphatic rings. The molecule has 1 aliphatic heterocycles. The number of morpholine rings is 1. The lowest BCUT2D eigenvalue weighted by atomic mass is 10.1. The van der Waals surface area contributed by atoms with E-state index in [0.717, 1.165) is 19.8 Å². The third-order valence-corrected chi connectivity index (χ3v) is 3.38. The Kier molecular flexibility index (Phi) is 2.86. The number of nitrogens with zero attached hydrogens (tertiary/aromatic N) is 1. The molecule has 3 atom stereocenters. The van der Waals surface area contributed by atoms with Crippen molar-refractivity contribution in [1.29, 1.82) is 0 Å². The molecule has 0 aromatic heterocycles. The van der Waals surface area contributed by atoms with Crippen molar-refractivity contribution in [3.8, 4) is 0 Å². The van der Waals surface area contributed by atoms with Gasteiger partial charge in [0.05, 0.1) is 13.2 Å². The number of hydrogen-bond donors (Lipinski definition) is 1. The van der Waals surface area contributed by atoms with E-state index in [2.05, 4.69) is 11.8 Å². The molecule has 0 amide bonds. The van der Waals surface area contributed by atoms with E-state index in [9.17, 15) is 0 Å². The van der Waals surface area contributed by atoms with Gasteiger partial charge in [-0.1, -0.05) is 6.42 Å². The van der Waals surface area contributed by atoms with E-state index in [1.807, 2.05) is 0 Å². The number of hydrogen-bond acceptors (Lipinski definition) is 3. The first-order valence-electron chi connectivity index (χ1n) is 5.38. The molecule has 1 saturated heterocycles. The van der Waals surface area contributed by atoms with Crippen LogP contribution in [0.3, 0.4) is 0 Å². The SMILES string of the molecule is CC1COCCN1C1CCCC1N. The van der Waals surface area contributed by atoms with E-state index in [0.29, 0.717) is 18.1 Å². The molecule has 1 heterocycles. The fourth-order valence-corrected chi connectivity index (χ4v) is 2.61. The van der Waals surface area contributed by atoms with Crippen LogP contribution in [-0.2, 0) is 4.74 Å². The molecular formula is C10H20N2O. The van der Waals surface area contributed by atoms with E-state index in [-0.39, 0.29) is 0 Å². The molecule has 2 fully saturated rings. The van der Waals surface area contributed by atoms with Crippen LogP contribution in [0.25, 0.3) is 0 Å². The van der Waals surface area contributed by atoms with Gasteiger partial charge in [-0.3, -0.25) is 4.90 Å². The molecule has 1 saturated carbocycles. The minimum Gasteiger partial charge on any atom is -0.379 e. The van der Waals surface area contributed by atoms with Crippen LogP contribution in [0.4, 0.5) is 0 Å². The van der Waals surface area contributed by atoms with Crippen LogP contribution in [0, 0.1) is 0 Å². The van der Waals surface area contributed by atoms with E-state index >= 15 is 0 Å². The zero-order valence-corrected chi connectivity index (χ0v) is 8.41. The zero-order valence-electron chi connectivity index (χ0n) is 8.41. The van der Waals surface area contributed by atoms with Crippen molar-refractivity contribution in [2.24, 2.45) is 5.73 Å². The quantitative estimate of drug-likeness (QED) is 0.648. The van der Waals surface area contributed by atoms with Crippen LogP contribution in [0.15, 0.2) is 0 Å². The highest BCUT2D eigenvalue weighted by atomic mass is 16.5. The molecule has 0 aromatic rings. The maximum atomic E-state index is 6.09. The summed E-state index contributed by atoms with van der Waals surface area (Å²) in [5.41, 5.74) is 6.09. The second kappa shape index (κ2) is 3.95. The van der Waals surface area contributed by atoms with Gasteiger partial charge in [0, 0.05) is 24.7 Å². The largest absolute Gasteiger partial charge is 0.379 e. The Morgan fingerprint density at radius 1 is 1.38 bits per heavy atom. The Morgan fingerprint density at radius 3 is 2.85 bits per heavy atom. The summed E-state index contributed by atoms with van der Waals surface area (Å²) in [7, 11) is 0. The summed E-state index contributed by atoms with van der Waals surface area (Å²) < 4.78 is 5.42. The second-order valence-corrected chi connectivity index (χ2v) is 4.32. The molecule has 0 radical (unpaired) electrons. The summed E-state index contributed by atoms with van der Waals surface area (Å²) in [6.45, 7) is 5.07. The fraction of sp³-hybridized carbons (Fsp3) is 1.00. The summed E-state index contributed by atoms with van der Waals surface area (Å²) >= 11 is 0. The van der Waals surface area contributed by atoms with Crippen LogP contribution in [-0.4, -0.2) is 42.8 Å². The van der Waals surface area contributed by atoms with E-state index in [1.54, 1.807) is 0 Å². The fourth-order valence-electron chi connectivity index (χ4n) is 2.61. The van der Waals surface area contributed by atoms with Gasteiger partial charge in [-0.05, 0) is 19.8 Å². The molecule has 1 aliphatic carbocycles. The Morgan fingerprint density at radius 2 is 2.23 bits per heavy atom. The van der Waals surface area contributed by atoms with Gasteiger partial charge >= 0.3 is 0 Å². The standard InChI is InChI=1S/C10H20N2O/c1-8-7-13-6-5-12(8)10-4-2-3-9(10)11/h8-10H,2-7,11H2,1H3. The lowest BCUT2D eigenvalue weighted by Crippen LogP contribution is -2.53. The van der Waals surface area contributed by atoms with E-state index in [1.165, 1.54) is 19.3 Å². The molecule has 76 valence electrons. The van der Waals surface area contributed by atoms with Crippen molar-refractivity contribution in [3.05, 3.63) is 0 Å². The van der Waals surface area contributed by atoms with E-state index < -0.39 is 0 Å². The number of nitrogens with two attached hydrogens (primary N) is 1. The maximum absolute atomic E-state index is 6.09. The molecule has 2 N–H and O–H groups in total. The topological polar surface area (TPSA) is 38.5 Å². The third kappa shape index (κ3) is 1.87. The van der Waals surface area contributed by atoms with Crippen LogP contribution in [0.2, 0.25) is 0 Å². The summed E-state index contributed by atoms with van der Waals surface area (Å²) in [6.07, 6.45) is 3.79. The minimum atomic E-state index is 0.403. The van der Waals surface area contributed by atoms with Gasteiger partial charge in [0.25, 0.3) is 0 Å². The normalized spacial score (nSPS) is 42.5. The summed E-state index contributed by atoms with van der Waals surface area (Å²) in [4.78, 5) is 2.54. The molecule has 0 bridgehead atoms. The van der Waals surface area contributed by atoms with Crippen molar-refractivity contribution < 1.29 is 4.74 Å². The van der Waals surface area contributed by atoms with Crippen molar-refractivity contribution >= 4 is 0 Å². The van der Waals surface area contributed by atoms with Crippen molar-refractivity contribution in [1.82, 2.24) is 4.90 Å². The van der Waals surface area contributed by atoms with Crippen molar-refractivity contribution in [3.63, 3.8) is 0 Å². The van der Waals surface area contributed by atoms with Gasteiger partial charge in [0.15, 0.2) is 0 Å². The van der Waals surface area contributed by atoms with Crippen LogP contribution in [0.1, 0.15) is 26.2 Å². The Labute approximate surface area is 80.2 Å². The monoisotopic (exact) mass is 184 g/mol. The van der Waals surface area contributed by atoms with Crippen molar-refractivity contribution in [2.75, 3.05) is 19.8 Å². The van der Waals surface area contributed by atoms with Gasteiger partial charge in [0.2, 0.25) is 0 Å². The average Bonchev–Trinajstić information content (AvgIpc) is 2.52. The smallest absolute Gasteiger partial charge is 0.0619 e. The zero-order chi connectivity index (χ0) is 9.26. The predicted molar refractivity (Wildman–Crippen MR) is 52.6 cm³/mol. The highest BCUT2D eigenvalue weighted by molar-refractivity contribution is 4.91. The first-order valence-corrected chi connectivity index (χ1v) is 5.38. The molecular weight excluding hydrogens is 164 g/mol. The Hall–Kier alpha value is -0.120. The molecule has 3 nitrogen and oxygen atoms in total. The maximum Gasteiger partial charge on any atom is 0.0619 e. The van der Waals surface area contributed by atoms with Crippen LogP contribution in [0.5, 0.6) is 0 Å². The predicted octanol–water partition coefficient (Wildman–Crippen LogP) is 0.587. The molecule has 3 unspecified atom stereocenters. The highest BCUT2D eigenvalue weighted by Gasteiger charge is 2.33. The minimum absolute atomic E-state index is 0.403. The summed E-state index contributed by atoms with van der Waals surface area (Å²) in [5.74, 6) is 0. The van der Waals surface area contributed by atoms with E-state index in [4.69, 9.17) is 10.5 Å². The van der Waals surface area contributed by atoms with Gasteiger partial charge < -0.3 is 10.5 Å². The first-order chi connectivity index (χ1) is 6.29. The highest BCUT2D eigenvalue weighted by Crippen LogP contribution is 2.25. The number of rotatable bonds is 1. The van der Waals surface area contributed by atoms with Gasteiger partial charge in [-0.15, -0.1) is 0 Å². The molecule has 3 heteroatoms. The van der Waals surface area contributed by atoms with Crippen LogP contribution >= 0.6 is 0 Å². The molecule has 2 rings (SSSR count). The third-order valence-electron chi connectivity index (χ3n) is 3.38. The lowest BCUT2D eigenvalue weighted by Gasteiger charge is -2.39. The lowest BCUT2D eigenvalue weighted by molar-refractivity contribution is -0.0234. The van der Waals surface area contributed by atoms with Crippen LogP contribution < -0.4 is 5.73 Å². The Bertz CT molecular complexity index is 174. The van der Waals surface area contributed by atoms with Gasteiger partial charge in [-0.2, -0.15) is 0 Å². The molecule has 0 aromatic carbocycles. The average molecular weight is 184 g/mol.